The van der Waals surface area contributed by atoms with E-state index in [0.29, 0.717) is 0 Å². The van der Waals surface area contributed by atoms with Gasteiger partial charge in [0.15, 0.2) is 0 Å². The Morgan fingerprint density at radius 1 is 1.00 bits per heavy atom. The van der Waals surface area contributed by atoms with E-state index in [4.69, 9.17) is 10.5 Å². The Morgan fingerprint density at radius 3 is 2.11 bits per heavy atom. The average Bonchev–Trinajstić information content (AvgIpc) is 2.41. The van der Waals surface area contributed by atoms with E-state index in [9.17, 15) is 0 Å². The summed E-state index contributed by atoms with van der Waals surface area (Å²) >= 11 is 7.02. The lowest BCUT2D eigenvalue weighted by Crippen LogP contribution is -2.12. The molecule has 0 aromatic heterocycles. The number of aryl methyl sites for hydroxylation is 1. The van der Waals surface area contributed by atoms with E-state index in [2.05, 4.69) is 57.0 Å². The zero-order chi connectivity index (χ0) is 14.0. The first kappa shape index (κ1) is 14.6. The Kier molecular flexibility index (Phi) is 4.66. The van der Waals surface area contributed by atoms with Gasteiger partial charge in [-0.15, -0.1) is 0 Å². The van der Waals surface area contributed by atoms with Gasteiger partial charge in [0.2, 0.25) is 0 Å². The monoisotopic (exact) mass is 383 g/mol. The third-order valence-corrected chi connectivity index (χ3v) is 4.56. The van der Waals surface area contributed by atoms with Crippen LogP contribution in [0.15, 0.2) is 45.3 Å². The second kappa shape index (κ2) is 6.07. The predicted octanol–water partition coefficient (Wildman–Crippen LogP) is 4.58. The number of methoxy groups -OCH3 is 1. The second-order valence-corrected chi connectivity index (χ2v) is 6.09. The van der Waals surface area contributed by atoms with E-state index < -0.39 is 0 Å². The highest BCUT2D eigenvalue weighted by Crippen LogP contribution is 2.30. The number of ether oxygens (including phenoxy) is 1. The minimum Gasteiger partial charge on any atom is -0.496 e. The largest absolute Gasteiger partial charge is 0.496 e. The van der Waals surface area contributed by atoms with Crippen LogP contribution in [0.3, 0.4) is 0 Å². The smallest absolute Gasteiger partial charge is 0.133 e. The zero-order valence-corrected chi connectivity index (χ0v) is 14.0. The van der Waals surface area contributed by atoms with E-state index >= 15 is 0 Å². The minimum absolute atomic E-state index is 0.154. The molecule has 2 aromatic rings. The van der Waals surface area contributed by atoms with Gasteiger partial charge in [-0.25, -0.2) is 0 Å². The Hall–Kier alpha value is -0.840. The quantitative estimate of drug-likeness (QED) is 0.840. The molecule has 2 rings (SSSR count). The molecule has 0 heterocycles. The van der Waals surface area contributed by atoms with Gasteiger partial charge in [0.1, 0.15) is 5.75 Å². The molecule has 0 bridgehead atoms. The van der Waals surface area contributed by atoms with Crippen molar-refractivity contribution in [2.75, 3.05) is 7.11 Å². The van der Waals surface area contributed by atoms with Gasteiger partial charge in [0.25, 0.3) is 0 Å². The summed E-state index contributed by atoms with van der Waals surface area (Å²) in [6.07, 6.45) is 0. The van der Waals surface area contributed by atoms with E-state index in [1.165, 1.54) is 5.56 Å². The van der Waals surface area contributed by atoms with Crippen molar-refractivity contribution in [3.05, 3.63) is 62.0 Å². The molecular weight excluding hydrogens is 370 g/mol. The van der Waals surface area contributed by atoms with Gasteiger partial charge in [-0.1, -0.05) is 34.1 Å². The molecule has 0 radical (unpaired) electrons. The third-order valence-electron chi connectivity index (χ3n) is 3.09. The normalized spacial score (nSPS) is 12.3. The van der Waals surface area contributed by atoms with Crippen molar-refractivity contribution in [3.63, 3.8) is 0 Å². The van der Waals surface area contributed by atoms with Gasteiger partial charge in [-0.3, -0.25) is 0 Å². The number of halogens is 2. The topological polar surface area (TPSA) is 35.2 Å². The lowest BCUT2D eigenvalue weighted by Gasteiger charge is -2.15. The van der Waals surface area contributed by atoms with Crippen molar-refractivity contribution in [3.8, 4) is 5.75 Å². The SMILES string of the molecule is COc1ccc(C(N)c2ccc(C)c(Br)c2)cc1Br. The van der Waals surface area contributed by atoms with Crippen molar-refractivity contribution in [2.45, 2.75) is 13.0 Å². The number of hydrogen-bond acceptors (Lipinski definition) is 2. The van der Waals surface area contributed by atoms with Crippen molar-refractivity contribution in [1.82, 2.24) is 0 Å². The summed E-state index contributed by atoms with van der Waals surface area (Å²) in [6, 6.07) is 11.9. The van der Waals surface area contributed by atoms with Crippen molar-refractivity contribution in [2.24, 2.45) is 5.73 Å². The molecule has 0 aliphatic heterocycles. The number of rotatable bonds is 3. The molecule has 0 amide bonds. The fourth-order valence-electron chi connectivity index (χ4n) is 1.87. The molecule has 1 atom stereocenters. The molecule has 1 unspecified atom stereocenters. The van der Waals surface area contributed by atoms with Crippen LogP contribution in [0.2, 0.25) is 0 Å². The zero-order valence-electron chi connectivity index (χ0n) is 10.8. The molecule has 0 aliphatic carbocycles. The molecular formula is C15H15Br2NO. The molecule has 0 saturated carbocycles. The lowest BCUT2D eigenvalue weighted by molar-refractivity contribution is 0.412. The highest BCUT2D eigenvalue weighted by molar-refractivity contribution is 9.10. The maximum atomic E-state index is 6.31. The van der Waals surface area contributed by atoms with Crippen LogP contribution < -0.4 is 10.5 Å². The molecule has 2 nitrogen and oxygen atoms in total. The van der Waals surface area contributed by atoms with Crippen LogP contribution in [0.25, 0.3) is 0 Å². The summed E-state index contributed by atoms with van der Waals surface area (Å²) in [5.41, 5.74) is 9.64. The summed E-state index contributed by atoms with van der Waals surface area (Å²) in [6.45, 7) is 2.06. The van der Waals surface area contributed by atoms with Crippen LogP contribution in [0.1, 0.15) is 22.7 Å². The maximum Gasteiger partial charge on any atom is 0.133 e. The Labute approximate surface area is 130 Å². The first-order chi connectivity index (χ1) is 9.02. The molecule has 0 aliphatic rings. The van der Waals surface area contributed by atoms with Gasteiger partial charge in [-0.2, -0.15) is 0 Å². The lowest BCUT2D eigenvalue weighted by atomic mass is 9.99. The summed E-state index contributed by atoms with van der Waals surface area (Å²) in [7, 11) is 1.65. The van der Waals surface area contributed by atoms with Crippen molar-refractivity contribution in [1.29, 1.82) is 0 Å². The third kappa shape index (κ3) is 3.19. The molecule has 19 heavy (non-hydrogen) atoms. The highest BCUT2D eigenvalue weighted by Gasteiger charge is 2.12. The number of hydrogen-bond donors (Lipinski definition) is 1. The van der Waals surface area contributed by atoms with E-state index in [-0.39, 0.29) is 6.04 Å². The first-order valence-corrected chi connectivity index (χ1v) is 7.46. The molecule has 100 valence electrons. The molecule has 2 N–H and O–H groups in total. The summed E-state index contributed by atoms with van der Waals surface area (Å²) in [4.78, 5) is 0. The van der Waals surface area contributed by atoms with E-state index in [1.54, 1.807) is 7.11 Å². The van der Waals surface area contributed by atoms with Crippen LogP contribution in [-0.2, 0) is 0 Å². The van der Waals surface area contributed by atoms with Gasteiger partial charge >= 0.3 is 0 Å². The fraction of sp³-hybridized carbons (Fsp3) is 0.200. The average molecular weight is 385 g/mol. The summed E-state index contributed by atoms with van der Waals surface area (Å²) in [5, 5.41) is 0. The van der Waals surface area contributed by atoms with Crippen molar-refractivity contribution >= 4 is 31.9 Å². The fourth-order valence-corrected chi connectivity index (χ4v) is 2.83. The van der Waals surface area contributed by atoms with Gasteiger partial charge in [0, 0.05) is 4.47 Å². The Bertz CT molecular complexity index is 599. The number of benzene rings is 2. The maximum absolute atomic E-state index is 6.31. The van der Waals surface area contributed by atoms with E-state index in [0.717, 1.165) is 25.8 Å². The standard InChI is InChI=1S/C15H15Br2NO/c1-9-3-4-10(7-12(9)16)15(18)11-5-6-14(19-2)13(17)8-11/h3-8,15H,18H2,1-2H3. The van der Waals surface area contributed by atoms with Gasteiger partial charge in [-0.05, 0) is 57.7 Å². The van der Waals surface area contributed by atoms with Crippen LogP contribution in [0.4, 0.5) is 0 Å². The van der Waals surface area contributed by atoms with Crippen LogP contribution >= 0.6 is 31.9 Å². The van der Waals surface area contributed by atoms with Crippen LogP contribution in [0, 0.1) is 6.92 Å². The summed E-state index contributed by atoms with van der Waals surface area (Å²) in [5.74, 6) is 0.807. The number of nitrogens with two attached hydrogens (primary N) is 1. The Balaban J connectivity index is 2.35. The highest BCUT2D eigenvalue weighted by atomic mass is 79.9. The molecule has 0 saturated heterocycles. The first-order valence-electron chi connectivity index (χ1n) is 5.88. The van der Waals surface area contributed by atoms with Gasteiger partial charge < -0.3 is 10.5 Å². The van der Waals surface area contributed by atoms with E-state index in [1.807, 2.05) is 18.2 Å². The Morgan fingerprint density at radius 2 is 1.58 bits per heavy atom. The minimum atomic E-state index is -0.154. The molecule has 0 fully saturated rings. The van der Waals surface area contributed by atoms with Crippen LogP contribution in [0.5, 0.6) is 5.75 Å². The molecule has 0 spiro atoms. The molecule has 2 aromatic carbocycles. The predicted molar refractivity (Wildman–Crippen MR) is 85.6 cm³/mol. The van der Waals surface area contributed by atoms with Crippen LogP contribution in [-0.4, -0.2) is 7.11 Å². The second-order valence-electron chi connectivity index (χ2n) is 4.38. The summed E-state index contributed by atoms with van der Waals surface area (Å²) < 4.78 is 7.21. The molecule has 4 heteroatoms. The van der Waals surface area contributed by atoms with Crippen molar-refractivity contribution < 1.29 is 4.74 Å². The van der Waals surface area contributed by atoms with Gasteiger partial charge in [0.05, 0.1) is 17.6 Å².